The summed E-state index contributed by atoms with van der Waals surface area (Å²) in [6.07, 6.45) is 1.96. The summed E-state index contributed by atoms with van der Waals surface area (Å²) in [4.78, 5) is 0. The Bertz CT molecular complexity index is 142. The Morgan fingerprint density at radius 2 is 2.08 bits per heavy atom. The zero-order valence-corrected chi connectivity index (χ0v) is 9.77. The van der Waals surface area contributed by atoms with E-state index in [4.69, 9.17) is 17.0 Å². The van der Waals surface area contributed by atoms with Crippen LogP contribution in [0, 0.1) is 0 Å². The number of thioether (sulfide) groups is 1. The summed E-state index contributed by atoms with van der Waals surface area (Å²) in [5, 5.41) is 3.07. The van der Waals surface area contributed by atoms with Crippen molar-refractivity contribution in [2.24, 2.45) is 0 Å². The first-order valence-corrected chi connectivity index (χ1v) is 5.55. The van der Waals surface area contributed by atoms with Gasteiger partial charge in [0.15, 0.2) is 0 Å². The van der Waals surface area contributed by atoms with Gasteiger partial charge in [-0.15, -0.1) is 11.8 Å². The van der Waals surface area contributed by atoms with Gasteiger partial charge in [-0.05, 0) is 27.0 Å². The van der Waals surface area contributed by atoms with E-state index < -0.39 is 0 Å². The molecule has 0 aromatic rings. The summed E-state index contributed by atoms with van der Waals surface area (Å²) < 4.78 is 6.32. The first kappa shape index (κ1) is 12.2. The molecule has 0 saturated carbocycles. The van der Waals surface area contributed by atoms with Crippen molar-refractivity contribution >= 4 is 28.3 Å². The molecule has 2 nitrogen and oxygen atoms in total. The summed E-state index contributed by atoms with van der Waals surface area (Å²) in [7, 11) is 0. The van der Waals surface area contributed by atoms with Crippen molar-refractivity contribution in [3.8, 4) is 0 Å². The molecule has 0 amide bonds. The van der Waals surface area contributed by atoms with Gasteiger partial charge in [0, 0.05) is 6.54 Å². The Kier molecular flexibility index (Phi) is 5.88. The molecule has 0 unspecified atom stereocenters. The van der Waals surface area contributed by atoms with E-state index in [-0.39, 0.29) is 5.60 Å². The third kappa shape index (κ3) is 8.30. The van der Waals surface area contributed by atoms with Crippen molar-refractivity contribution < 1.29 is 4.74 Å². The highest BCUT2D eigenvalue weighted by Gasteiger charge is 2.08. The Morgan fingerprint density at radius 1 is 1.50 bits per heavy atom. The summed E-state index contributed by atoms with van der Waals surface area (Å²) in [6.45, 7) is 7.61. The minimum absolute atomic E-state index is 0.0529. The van der Waals surface area contributed by atoms with Crippen LogP contribution in [0.5, 0.6) is 0 Å². The van der Waals surface area contributed by atoms with Gasteiger partial charge in [0.05, 0.1) is 12.2 Å². The third-order valence-corrected chi connectivity index (χ3v) is 2.25. The fourth-order valence-electron chi connectivity index (χ4n) is 0.582. The number of nitrogens with one attached hydrogen (secondary N) is 1. The van der Waals surface area contributed by atoms with Gasteiger partial charge in [-0.1, -0.05) is 12.2 Å². The average molecular weight is 207 g/mol. The minimum atomic E-state index is -0.0529. The van der Waals surface area contributed by atoms with Gasteiger partial charge in [0.1, 0.15) is 4.32 Å². The van der Waals surface area contributed by atoms with Crippen LogP contribution in [0.25, 0.3) is 0 Å². The van der Waals surface area contributed by atoms with Crippen LogP contribution in [0.2, 0.25) is 0 Å². The molecule has 0 bridgehead atoms. The molecule has 0 aromatic carbocycles. The quantitative estimate of drug-likeness (QED) is 0.564. The predicted octanol–water partition coefficient (Wildman–Crippen LogP) is 2.04. The molecule has 0 saturated heterocycles. The van der Waals surface area contributed by atoms with Crippen LogP contribution in [-0.4, -0.2) is 29.3 Å². The van der Waals surface area contributed by atoms with E-state index in [0.29, 0.717) is 6.61 Å². The monoisotopic (exact) mass is 207 g/mol. The van der Waals surface area contributed by atoms with E-state index in [2.05, 4.69) is 5.32 Å². The molecule has 0 aliphatic carbocycles. The molecule has 0 fully saturated rings. The van der Waals surface area contributed by atoms with Crippen LogP contribution in [0.4, 0.5) is 0 Å². The summed E-state index contributed by atoms with van der Waals surface area (Å²) in [5.41, 5.74) is -0.0529. The molecule has 12 heavy (non-hydrogen) atoms. The van der Waals surface area contributed by atoms with Gasteiger partial charge < -0.3 is 10.1 Å². The van der Waals surface area contributed by atoms with Crippen LogP contribution in [0.3, 0.4) is 0 Å². The summed E-state index contributed by atoms with van der Waals surface area (Å²) in [5.74, 6) is 0. The third-order valence-electron chi connectivity index (χ3n) is 1.09. The normalized spacial score (nSPS) is 11.3. The lowest BCUT2D eigenvalue weighted by Gasteiger charge is -2.19. The lowest BCUT2D eigenvalue weighted by atomic mass is 10.2. The van der Waals surface area contributed by atoms with Crippen molar-refractivity contribution in [2.75, 3.05) is 19.4 Å². The molecule has 0 rings (SSSR count). The number of ether oxygens (including phenoxy) is 1. The van der Waals surface area contributed by atoms with Gasteiger partial charge in [0.2, 0.25) is 0 Å². The van der Waals surface area contributed by atoms with Crippen molar-refractivity contribution in [1.29, 1.82) is 0 Å². The van der Waals surface area contributed by atoms with Gasteiger partial charge in [-0.2, -0.15) is 0 Å². The SMILES string of the molecule is CSC(=S)NCCOC(C)(C)C. The Balaban J connectivity index is 3.28. The van der Waals surface area contributed by atoms with Crippen LogP contribution in [0.15, 0.2) is 0 Å². The molecule has 72 valence electrons. The van der Waals surface area contributed by atoms with Crippen LogP contribution in [0.1, 0.15) is 20.8 Å². The van der Waals surface area contributed by atoms with Crippen LogP contribution in [-0.2, 0) is 4.74 Å². The van der Waals surface area contributed by atoms with Crippen LogP contribution < -0.4 is 5.32 Å². The number of hydrogen-bond donors (Lipinski definition) is 1. The van der Waals surface area contributed by atoms with Crippen molar-refractivity contribution in [3.05, 3.63) is 0 Å². The van der Waals surface area contributed by atoms with Gasteiger partial charge >= 0.3 is 0 Å². The van der Waals surface area contributed by atoms with E-state index in [1.807, 2.05) is 27.0 Å². The fourth-order valence-corrected chi connectivity index (χ4v) is 0.931. The van der Waals surface area contributed by atoms with E-state index in [1.54, 1.807) is 11.8 Å². The Hall–Kier alpha value is 0.200. The van der Waals surface area contributed by atoms with E-state index >= 15 is 0 Å². The zero-order chi connectivity index (χ0) is 9.61. The molecular weight excluding hydrogens is 190 g/mol. The lowest BCUT2D eigenvalue weighted by Crippen LogP contribution is -2.28. The molecule has 0 aliphatic rings. The predicted molar refractivity (Wildman–Crippen MR) is 59.8 cm³/mol. The number of hydrogen-bond acceptors (Lipinski definition) is 3. The molecule has 0 aromatic heterocycles. The van der Waals surface area contributed by atoms with Crippen molar-refractivity contribution in [2.45, 2.75) is 26.4 Å². The van der Waals surface area contributed by atoms with E-state index in [1.165, 1.54) is 0 Å². The Labute approximate surface area is 84.4 Å². The largest absolute Gasteiger partial charge is 0.374 e. The smallest absolute Gasteiger partial charge is 0.133 e. The molecule has 0 aliphatic heterocycles. The van der Waals surface area contributed by atoms with Crippen molar-refractivity contribution in [1.82, 2.24) is 5.32 Å². The maximum Gasteiger partial charge on any atom is 0.133 e. The average Bonchev–Trinajstić information content (AvgIpc) is 1.96. The van der Waals surface area contributed by atoms with Gasteiger partial charge in [0.25, 0.3) is 0 Å². The molecule has 1 N–H and O–H groups in total. The summed E-state index contributed by atoms with van der Waals surface area (Å²) >= 11 is 6.51. The zero-order valence-electron chi connectivity index (χ0n) is 8.14. The molecule has 0 atom stereocenters. The second-order valence-electron chi connectivity index (χ2n) is 3.38. The first-order chi connectivity index (χ1) is 5.45. The minimum Gasteiger partial charge on any atom is -0.374 e. The van der Waals surface area contributed by atoms with E-state index in [9.17, 15) is 0 Å². The van der Waals surface area contributed by atoms with Crippen LogP contribution >= 0.6 is 24.0 Å². The molecule has 0 heterocycles. The maximum absolute atomic E-state index is 5.49. The fraction of sp³-hybridized carbons (Fsp3) is 0.875. The standard InChI is InChI=1S/C8H17NOS2/c1-8(2,3)10-6-5-9-7(11)12-4/h5-6H2,1-4H3,(H,9,11). The molecule has 4 heteroatoms. The lowest BCUT2D eigenvalue weighted by molar-refractivity contribution is 0.000664. The highest BCUT2D eigenvalue weighted by molar-refractivity contribution is 8.22. The van der Waals surface area contributed by atoms with E-state index in [0.717, 1.165) is 10.9 Å². The Morgan fingerprint density at radius 3 is 2.50 bits per heavy atom. The highest BCUT2D eigenvalue weighted by Crippen LogP contribution is 2.05. The second kappa shape index (κ2) is 5.78. The molecule has 0 spiro atoms. The highest BCUT2D eigenvalue weighted by atomic mass is 32.2. The number of rotatable bonds is 3. The van der Waals surface area contributed by atoms with Gasteiger partial charge in [-0.25, -0.2) is 0 Å². The van der Waals surface area contributed by atoms with Gasteiger partial charge in [-0.3, -0.25) is 0 Å². The maximum atomic E-state index is 5.49. The van der Waals surface area contributed by atoms with Crippen molar-refractivity contribution in [3.63, 3.8) is 0 Å². The molecule has 0 radical (unpaired) electrons. The topological polar surface area (TPSA) is 21.3 Å². The first-order valence-electron chi connectivity index (χ1n) is 3.91. The summed E-state index contributed by atoms with van der Waals surface area (Å²) in [6, 6.07) is 0. The molecular formula is C8H17NOS2. The number of thiocarbonyl (C=S) groups is 1. The second-order valence-corrected chi connectivity index (χ2v) is 4.86.